The first kappa shape index (κ1) is 25.2. The number of ketones is 1. The maximum atomic E-state index is 13.3. The van der Waals surface area contributed by atoms with Gasteiger partial charge in [-0.2, -0.15) is 13.2 Å². The highest BCUT2D eigenvalue weighted by atomic mass is 19.4. The number of hydrogen-bond acceptors (Lipinski definition) is 4. The standard InChI is InChI=1S/C21H28F5N3O2/c1-13-9-15-18(28-17(13)21(24,25)26)29(19(2,3)4)16(27-15)8-6-5-7-14(30)10-20(31,11-22)12-23/h9,31H,5-8,10-12H2,1-4H3. The Hall–Kier alpha value is -2.10. The van der Waals surface area contributed by atoms with Gasteiger partial charge in [-0.3, -0.25) is 4.79 Å². The van der Waals surface area contributed by atoms with E-state index in [1.54, 1.807) is 4.57 Å². The van der Waals surface area contributed by atoms with Gasteiger partial charge in [-0.15, -0.1) is 0 Å². The van der Waals surface area contributed by atoms with E-state index in [1.807, 2.05) is 20.8 Å². The predicted octanol–water partition coefficient (Wildman–Crippen LogP) is 4.86. The fraction of sp³-hybridized carbons (Fsp3) is 0.667. The highest BCUT2D eigenvalue weighted by Crippen LogP contribution is 2.33. The molecule has 0 unspecified atom stereocenters. The molecule has 0 fully saturated rings. The van der Waals surface area contributed by atoms with Gasteiger partial charge < -0.3 is 9.67 Å². The Morgan fingerprint density at radius 2 is 1.71 bits per heavy atom. The number of aromatic nitrogens is 3. The molecule has 31 heavy (non-hydrogen) atoms. The number of nitrogens with zero attached hydrogens (tertiary/aromatic N) is 3. The zero-order valence-electron chi connectivity index (χ0n) is 18.1. The van der Waals surface area contributed by atoms with Crippen molar-refractivity contribution >= 4 is 16.9 Å². The molecule has 5 nitrogen and oxygen atoms in total. The summed E-state index contributed by atoms with van der Waals surface area (Å²) in [5, 5.41) is 9.57. The smallest absolute Gasteiger partial charge is 0.384 e. The number of hydrogen-bond donors (Lipinski definition) is 1. The Balaban J connectivity index is 2.20. The van der Waals surface area contributed by atoms with Gasteiger partial charge in [0.25, 0.3) is 0 Å². The molecule has 0 aromatic carbocycles. The number of aryl methyl sites for hydroxylation is 2. The van der Waals surface area contributed by atoms with Gasteiger partial charge in [-0.1, -0.05) is 0 Å². The molecule has 2 aromatic heterocycles. The quantitative estimate of drug-likeness (QED) is 0.439. The van der Waals surface area contributed by atoms with Crippen LogP contribution >= 0.6 is 0 Å². The zero-order valence-corrected chi connectivity index (χ0v) is 18.1. The average Bonchev–Trinajstić information content (AvgIpc) is 3.01. The van der Waals surface area contributed by atoms with E-state index in [1.165, 1.54) is 13.0 Å². The van der Waals surface area contributed by atoms with Crippen LogP contribution in [0.3, 0.4) is 0 Å². The van der Waals surface area contributed by atoms with Crippen LogP contribution in [0.5, 0.6) is 0 Å². The van der Waals surface area contributed by atoms with Crippen LogP contribution in [-0.4, -0.2) is 44.4 Å². The number of carbonyl (C=O) groups is 1. The minimum Gasteiger partial charge on any atom is -0.384 e. The first-order chi connectivity index (χ1) is 14.2. The molecule has 0 radical (unpaired) electrons. The summed E-state index contributed by atoms with van der Waals surface area (Å²) in [6.07, 6.45) is -3.87. The number of aliphatic hydroxyl groups is 1. The molecule has 10 heteroatoms. The molecule has 0 spiro atoms. The van der Waals surface area contributed by atoms with Gasteiger partial charge >= 0.3 is 6.18 Å². The molecular weight excluding hydrogens is 421 g/mol. The largest absolute Gasteiger partial charge is 0.433 e. The van der Waals surface area contributed by atoms with E-state index < -0.39 is 48.6 Å². The second kappa shape index (κ2) is 9.18. The number of carbonyl (C=O) groups excluding carboxylic acids is 1. The summed E-state index contributed by atoms with van der Waals surface area (Å²) in [6.45, 7) is 4.18. The fourth-order valence-electron chi connectivity index (χ4n) is 3.50. The summed E-state index contributed by atoms with van der Waals surface area (Å²) < 4.78 is 67.0. The Morgan fingerprint density at radius 3 is 2.23 bits per heavy atom. The highest BCUT2D eigenvalue weighted by Gasteiger charge is 2.36. The van der Waals surface area contributed by atoms with Crippen molar-refractivity contribution in [2.24, 2.45) is 0 Å². The number of fused-ring (bicyclic) bond motifs is 1. The van der Waals surface area contributed by atoms with Crippen molar-refractivity contribution in [1.82, 2.24) is 14.5 Å². The predicted molar refractivity (Wildman–Crippen MR) is 106 cm³/mol. The van der Waals surface area contributed by atoms with E-state index in [4.69, 9.17) is 0 Å². The van der Waals surface area contributed by atoms with Gasteiger partial charge in [0, 0.05) is 24.8 Å². The number of rotatable bonds is 9. The molecule has 1 N–H and O–H groups in total. The van der Waals surface area contributed by atoms with Crippen LogP contribution in [0.4, 0.5) is 22.0 Å². The lowest BCUT2D eigenvalue weighted by Gasteiger charge is -2.24. The van der Waals surface area contributed by atoms with Gasteiger partial charge in [-0.05, 0) is 52.2 Å². The number of unbranched alkanes of at least 4 members (excludes halogenated alkanes) is 1. The van der Waals surface area contributed by atoms with Gasteiger partial charge in [0.15, 0.2) is 5.65 Å². The number of alkyl halides is 5. The van der Waals surface area contributed by atoms with Crippen LogP contribution in [0.2, 0.25) is 0 Å². The molecule has 0 bridgehead atoms. The van der Waals surface area contributed by atoms with Crippen molar-refractivity contribution in [2.45, 2.75) is 77.1 Å². The van der Waals surface area contributed by atoms with Crippen molar-refractivity contribution in [2.75, 3.05) is 13.3 Å². The van der Waals surface area contributed by atoms with Crippen molar-refractivity contribution in [3.05, 3.63) is 23.1 Å². The van der Waals surface area contributed by atoms with Crippen molar-refractivity contribution in [3.8, 4) is 0 Å². The molecule has 2 aromatic rings. The Labute approximate surface area is 177 Å². The molecule has 0 saturated carbocycles. The lowest BCUT2D eigenvalue weighted by molar-refractivity contribution is -0.141. The Morgan fingerprint density at radius 1 is 1.10 bits per heavy atom. The number of pyridine rings is 1. The van der Waals surface area contributed by atoms with E-state index in [2.05, 4.69) is 9.97 Å². The van der Waals surface area contributed by atoms with Crippen LogP contribution in [0.25, 0.3) is 11.2 Å². The van der Waals surface area contributed by atoms with Crippen LogP contribution in [0, 0.1) is 6.92 Å². The first-order valence-corrected chi connectivity index (χ1v) is 10.0. The fourth-order valence-corrected chi connectivity index (χ4v) is 3.50. The van der Waals surface area contributed by atoms with Crippen molar-refractivity contribution in [3.63, 3.8) is 0 Å². The van der Waals surface area contributed by atoms with E-state index in [0.29, 0.717) is 30.6 Å². The van der Waals surface area contributed by atoms with E-state index >= 15 is 0 Å². The summed E-state index contributed by atoms with van der Waals surface area (Å²) in [5.74, 6) is 0.0967. The van der Waals surface area contributed by atoms with Crippen LogP contribution < -0.4 is 0 Å². The third kappa shape index (κ3) is 5.99. The Bertz CT molecular complexity index is 928. The van der Waals surface area contributed by atoms with Crippen LogP contribution in [0.15, 0.2) is 6.07 Å². The minimum atomic E-state index is -4.58. The number of Topliss-reactive ketones (excluding diaryl/α,β-unsaturated/α-hetero) is 1. The molecule has 0 aliphatic carbocycles. The summed E-state index contributed by atoms with van der Waals surface area (Å²) >= 11 is 0. The third-order valence-corrected chi connectivity index (χ3v) is 4.96. The maximum absolute atomic E-state index is 13.3. The lowest BCUT2D eigenvalue weighted by Crippen LogP contribution is -2.36. The van der Waals surface area contributed by atoms with Gasteiger partial charge in [0.2, 0.25) is 0 Å². The molecule has 2 heterocycles. The summed E-state index contributed by atoms with van der Waals surface area (Å²) in [7, 11) is 0. The number of halogens is 5. The van der Waals surface area contributed by atoms with Crippen molar-refractivity contribution < 1.29 is 31.9 Å². The summed E-state index contributed by atoms with van der Waals surface area (Å²) in [5.41, 5.74) is -3.30. The topological polar surface area (TPSA) is 68.0 Å². The van der Waals surface area contributed by atoms with Gasteiger partial charge in [0.05, 0.1) is 0 Å². The molecular formula is C21H28F5N3O2. The molecule has 0 saturated heterocycles. The van der Waals surface area contributed by atoms with Gasteiger partial charge in [0.1, 0.15) is 41.8 Å². The molecule has 0 atom stereocenters. The molecule has 0 aliphatic rings. The lowest BCUT2D eigenvalue weighted by atomic mass is 9.97. The van der Waals surface area contributed by atoms with Crippen LogP contribution in [-0.2, 0) is 22.9 Å². The normalized spacial score (nSPS) is 13.2. The van der Waals surface area contributed by atoms with Crippen molar-refractivity contribution in [1.29, 1.82) is 0 Å². The highest BCUT2D eigenvalue weighted by molar-refractivity contribution is 5.79. The number of imidazole rings is 1. The summed E-state index contributed by atoms with van der Waals surface area (Å²) in [4.78, 5) is 20.2. The average molecular weight is 449 g/mol. The van der Waals surface area contributed by atoms with Gasteiger partial charge in [-0.25, -0.2) is 18.7 Å². The monoisotopic (exact) mass is 449 g/mol. The molecule has 0 aliphatic heterocycles. The maximum Gasteiger partial charge on any atom is 0.433 e. The minimum absolute atomic E-state index is 0.0103. The summed E-state index contributed by atoms with van der Waals surface area (Å²) in [6, 6.07) is 1.37. The molecule has 0 amide bonds. The Kier molecular flexibility index (Phi) is 7.45. The first-order valence-electron chi connectivity index (χ1n) is 10.0. The van der Waals surface area contributed by atoms with E-state index in [9.17, 15) is 31.9 Å². The van der Waals surface area contributed by atoms with E-state index in [0.717, 1.165) is 0 Å². The van der Waals surface area contributed by atoms with E-state index in [-0.39, 0.29) is 17.6 Å². The third-order valence-electron chi connectivity index (χ3n) is 4.96. The second-order valence-corrected chi connectivity index (χ2v) is 8.94. The molecule has 2 rings (SSSR count). The zero-order chi connectivity index (χ0) is 23.6. The SMILES string of the molecule is Cc1cc2nc(CCCCC(=O)CC(O)(CF)CF)n(C(C)(C)C)c2nc1C(F)(F)F. The van der Waals surface area contributed by atoms with Crippen LogP contribution in [0.1, 0.15) is 63.5 Å². The second-order valence-electron chi connectivity index (χ2n) is 8.94. The molecule has 174 valence electrons.